The van der Waals surface area contributed by atoms with Crippen molar-refractivity contribution < 1.29 is 19.1 Å². The number of hydrogen-bond donors (Lipinski definition) is 2. The molecule has 0 bridgehead atoms. The lowest BCUT2D eigenvalue weighted by molar-refractivity contribution is -0.115. The molecule has 0 saturated heterocycles. The largest absolute Gasteiger partial charge is 0.465 e. The Morgan fingerprint density at radius 3 is 2.67 bits per heavy atom. The number of rotatable bonds is 7. The topological polar surface area (TPSA) is 84.5 Å². The summed E-state index contributed by atoms with van der Waals surface area (Å²) in [7, 11) is 1.36. The minimum absolute atomic E-state index is 0.157. The lowest BCUT2D eigenvalue weighted by Crippen LogP contribution is -2.23. The van der Waals surface area contributed by atoms with Crippen molar-refractivity contribution >= 4 is 62.9 Å². The predicted octanol–water partition coefficient (Wildman–Crippen LogP) is 5.85. The highest BCUT2D eigenvalue weighted by atomic mass is 32.2. The van der Waals surface area contributed by atoms with Crippen LogP contribution in [-0.2, 0) is 22.4 Å². The first-order valence-corrected chi connectivity index (χ1v) is 13.2. The van der Waals surface area contributed by atoms with Crippen LogP contribution in [0.3, 0.4) is 0 Å². The van der Waals surface area contributed by atoms with Gasteiger partial charge in [-0.3, -0.25) is 9.59 Å². The second-order valence-corrected chi connectivity index (χ2v) is 11.1. The summed E-state index contributed by atoms with van der Waals surface area (Å²) in [5.41, 5.74) is 2.19. The fraction of sp³-hybridized carbons (Fsp3) is 0.292. The summed E-state index contributed by atoms with van der Waals surface area (Å²) in [5, 5.41) is 7.87. The number of aryl methyl sites for hydroxylation is 1. The third-order valence-corrected chi connectivity index (χ3v) is 8.49. The SMILES string of the molecule is COC(=O)c1c(NC(=O)C(C)Sc2cccc(NC(=O)c3cccs3)c2)sc2c1CCCC2. The minimum Gasteiger partial charge on any atom is -0.465 e. The molecule has 6 nitrogen and oxygen atoms in total. The van der Waals surface area contributed by atoms with Gasteiger partial charge in [0, 0.05) is 15.5 Å². The molecule has 9 heteroatoms. The highest BCUT2D eigenvalue weighted by Gasteiger charge is 2.28. The van der Waals surface area contributed by atoms with Gasteiger partial charge in [-0.05, 0) is 67.8 Å². The molecule has 0 aliphatic heterocycles. The van der Waals surface area contributed by atoms with Gasteiger partial charge in [-0.15, -0.1) is 34.4 Å². The second-order valence-electron chi connectivity index (χ2n) is 7.62. The van der Waals surface area contributed by atoms with E-state index in [9.17, 15) is 14.4 Å². The molecule has 2 heterocycles. The summed E-state index contributed by atoms with van der Waals surface area (Å²) in [6, 6.07) is 11.0. The molecule has 1 aliphatic carbocycles. The molecular weight excluding hydrogens is 476 g/mol. The number of nitrogens with one attached hydrogen (secondary N) is 2. The van der Waals surface area contributed by atoms with Crippen LogP contribution in [0.4, 0.5) is 10.7 Å². The van der Waals surface area contributed by atoms with Crippen LogP contribution in [0.1, 0.15) is 50.2 Å². The van der Waals surface area contributed by atoms with Gasteiger partial charge in [0.15, 0.2) is 0 Å². The van der Waals surface area contributed by atoms with Gasteiger partial charge in [-0.2, -0.15) is 0 Å². The van der Waals surface area contributed by atoms with Gasteiger partial charge in [-0.25, -0.2) is 4.79 Å². The smallest absolute Gasteiger partial charge is 0.341 e. The molecular formula is C24H24N2O4S3. The maximum Gasteiger partial charge on any atom is 0.341 e. The summed E-state index contributed by atoms with van der Waals surface area (Å²) in [6.45, 7) is 1.82. The van der Waals surface area contributed by atoms with E-state index in [1.165, 1.54) is 41.5 Å². The molecule has 2 amide bonds. The fourth-order valence-electron chi connectivity index (χ4n) is 3.69. The number of amides is 2. The van der Waals surface area contributed by atoms with E-state index in [4.69, 9.17) is 4.74 Å². The average Bonchev–Trinajstić information content (AvgIpc) is 3.47. The number of thioether (sulfide) groups is 1. The predicted molar refractivity (Wildman–Crippen MR) is 135 cm³/mol. The van der Waals surface area contributed by atoms with Crippen LogP contribution >= 0.6 is 34.4 Å². The van der Waals surface area contributed by atoms with Gasteiger partial charge in [0.1, 0.15) is 5.00 Å². The van der Waals surface area contributed by atoms with Crippen molar-refractivity contribution in [1.82, 2.24) is 0 Å². The van der Waals surface area contributed by atoms with Crippen molar-refractivity contribution in [1.29, 1.82) is 0 Å². The molecule has 0 radical (unpaired) electrons. The highest BCUT2D eigenvalue weighted by molar-refractivity contribution is 8.00. The van der Waals surface area contributed by atoms with Crippen LogP contribution in [0.15, 0.2) is 46.7 Å². The Hall–Kier alpha value is -2.62. The van der Waals surface area contributed by atoms with Gasteiger partial charge in [0.25, 0.3) is 5.91 Å². The number of methoxy groups -OCH3 is 1. The van der Waals surface area contributed by atoms with E-state index in [-0.39, 0.29) is 11.8 Å². The Morgan fingerprint density at radius 2 is 1.91 bits per heavy atom. The summed E-state index contributed by atoms with van der Waals surface area (Å²) in [6.07, 6.45) is 3.88. The molecule has 172 valence electrons. The minimum atomic E-state index is -0.405. The number of thiophene rings is 2. The maximum absolute atomic E-state index is 13.0. The number of carbonyl (C=O) groups excluding carboxylic acids is 3. The van der Waals surface area contributed by atoms with E-state index in [1.54, 1.807) is 6.07 Å². The van der Waals surface area contributed by atoms with Crippen molar-refractivity contribution in [3.05, 3.63) is 62.7 Å². The van der Waals surface area contributed by atoms with Gasteiger partial charge < -0.3 is 15.4 Å². The molecule has 2 N–H and O–H groups in total. The van der Waals surface area contributed by atoms with Crippen molar-refractivity contribution in [2.45, 2.75) is 42.8 Å². The highest BCUT2D eigenvalue weighted by Crippen LogP contribution is 2.39. The molecule has 0 spiro atoms. The molecule has 3 aromatic rings. The number of carbonyl (C=O) groups is 3. The lowest BCUT2D eigenvalue weighted by atomic mass is 9.95. The van der Waals surface area contributed by atoms with Crippen LogP contribution in [-0.4, -0.2) is 30.1 Å². The molecule has 2 aromatic heterocycles. The summed E-state index contributed by atoms with van der Waals surface area (Å²) in [4.78, 5) is 40.3. The first-order valence-electron chi connectivity index (χ1n) is 10.6. The Morgan fingerprint density at radius 1 is 1.09 bits per heavy atom. The van der Waals surface area contributed by atoms with Gasteiger partial charge in [0.05, 0.1) is 22.8 Å². The van der Waals surface area contributed by atoms with Crippen LogP contribution in [0.2, 0.25) is 0 Å². The molecule has 1 unspecified atom stereocenters. The molecule has 1 atom stereocenters. The Balaban J connectivity index is 1.44. The Bertz CT molecular complexity index is 1170. The third kappa shape index (κ3) is 5.48. The number of anilines is 2. The number of ether oxygens (including phenoxy) is 1. The number of esters is 1. The quantitative estimate of drug-likeness (QED) is 0.314. The zero-order valence-electron chi connectivity index (χ0n) is 18.3. The summed E-state index contributed by atoms with van der Waals surface area (Å²) < 4.78 is 4.99. The lowest BCUT2D eigenvalue weighted by Gasteiger charge is -2.14. The van der Waals surface area contributed by atoms with Gasteiger partial charge in [-0.1, -0.05) is 12.1 Å². The first kappa shape index (κ1) is 23.5. The number of hydrogen-bond acceptors (Lipinski definition) is 7. The van der Waals surface area contributed by atoms with E-state index in [1.807, 2.05) is 42.6 Å². The van der Waals surface area contributed by atoms with E-state index in [0.717, 1.165) is 41.0 Å². The van der Waals surface area contributed by atoms with Crippen molar-refractivity contribution in [3.8, 4) is 0 Å². The van der Waals surface area contributed by atoms with Crippen molar-refractivity contribution in [3.63, 3.8) is 0 Å². The molecule has 4 rings (SSSR count). The van der Waals surface area contributed by atoms with E-state index in [2.05, 4.69) is 10.6 Å². The number of fused-ring (bicyclic) bond motifs is 1. The Labute approximate surface area is 204 Å². The maximum atomic E-state index is 13.0. The van der Waals surface area contributed by atoms with Gasteiger partial charge in [0.2, 0.25) is 5.91 Å². The van der Waals surface area contributed by atoms with Crippen molar-refractivity contribution in [2.24, 2.45) is 0 Å². The normalized spacial score (nSPS) is 13.6. The van der Waals surface area contributed by atoms with E-state index < -0.39 is 11.2 Å². The molecule has 0 saturated carbocycles. The first-order chi connectivity index (χ1) is 16.0. The van der Waals surface area contributed by atoms with E-state index >= 15 is 0 Å². The van der Waals surface area contributed by atoms with Gasteiger partial charge >= 0.3 is 5.97 Å². The average molecular weight is 501 g/mol. The summed E-state index contributed by atoms with van der Waals surface area (Å²) >= 11 is 4.25. The zero-order valence-corrected chi connectivity index (χ0v) is 20.8. The number of benzene rings is 1. The fourth-order valence-corrected chi connectivity index (χ4v) is 6.52. The molecule has 33 heavy (non-hydrogen) atoms. The summed E-state index contributed by atoms with van der Waals surface area (Å²) in [5.74, 6) is -0.745. The zero-order chi connectivity index (χ0) is 23.4. The monoisotopic (exact) mass is 500 g/mol. The standard InChI is InChI=1S/C24H24N2O4S3/c1-14(32-16-8-5-7-15(13-16)25-22(28)19-11-6-12-31-19)21(27)26-23-20(24(29)30-2)17-9-3-4-10-18(17)33-23/h5-8,11-14H,3-4,9-10H2,1-2H3,(H,25,28)(H,26,27). The molecule has 0 fully saturated rings. The molecule has 1 aliphatic rings. The van der Waals surface area contributed by atoms with Crippen LogP contribution < -0.4 is 10.6 Å². The van der Waals surface area contributed by atoms with Crippen LogP contribution in [0.25, 0.3) is 0 Å². The van der Waals surface area contributed by atoms with Crippen molar-refractivity contribution in [2.75, 3.05) is 17.7 Å². The second kappa shape index (κ2) is 10.5. The van der Waals surface area contributed by atoms with E-state index in [0.29, 0.717) is 21.1 Å². The van der Waals surface area contributed by atoms with Crippen LogP contribution in [0, 0.1) is 0 Å². The van der Waals surface area contributed by atoms with Crippen LogP contribution in [0.5, 0.6) is 0 Å². The molecule has 1 aromatic carbocycles. The Kier molecular flexibility index (Phi) is 7.52. The third-order valence-electron chi connectivity index (χ3n) is 5.32.